The fourth-order valence-corrected chi connectivity index (χ4v) is 2.98. The second-order valence-electron chi connectivity index (χ2n) is 6.15. The van der Waals surface area contributed by atoms with E-state index in [0.29, 0.717) is 18.0 Å². The summed E-state index contributed by atoms with van der Waals surface area (Å²) in [5.74, 6) is 0.599. The third-order valence-corrected chi connectivity index (χ3v) is 4.27. The Morgan fingerprint density at radius 1 is 1.35 bits per heavy atom. The molecule has 1 saturated carbocycles. The summed E-state index contributed by atoms with van der Waals surface area (Å²) in [5, 5.41) is 9.39. The number of hydrogen-bond acceptors (Lipinski definition) is 3. The molecule has 0 amide bonds. The van der Waals surface area contributed by atoms with Gasteiger partial charge in [-0.05, 0) is 43.0 Å². The van der Waals surface area contributed by atoms with Crippen LogP contribution in [0.15, 0.2) is 36.5 Å². The number of fused-ring (bicyclic) bond motifs is 1. The van der Waals surface area contributed by atoms with Crippen LogP contribution in [0.2, 0.25) is 0 Å². The first kappa shape index (κ1) is 13.9. The van der Waals surface area contributed by atoms with E-state index in [1.165, 1.54) is 0 Å². The first-order chi connectivity index (χ1) is 11.1. The second kappa shape index (κ2) is 5.19. The van der Waals surface area contributed by atoms with Crippen LogP contribution in [-0.2, 0) is 6.54 Å². The van der Waals surface area contributed by atoms with Crippen molar-refractivity contribution in [3.8, 4) is 0 Å². The molecular weight excluding hydrogens is 290 g/mol. The van der Waals surface area contributed by atoms with Crippen LogP contribution in [0.4, 0.5) is 0 Å². The molecule has 0 unspecified atom stereocenters. The van der Waals surface area contributed by atoms with Gasteiger partial charge < -0.3 is 9.67 Å². The molecule has 1 fully saturated rings. The predicted octanol–water partition coefficient (Wildman–Crippen LogP) is 3.36. The molecule has 0 bridgehead atoms. The first-order valence-corrected chi connectivity index (χ1v) is 7.77. The quantitative estimate of drug-likeness (QED) is 0.802. The van der Waals surface area contributed by atoms with Crippen LogP contribution in [0.3, 0.4) is 0 Å². The van der Waals surface area contributed by atoms with Gasteiger partial charge in [0, 0.05) is 12.1 Å². The SMILES string of the molecule is Cc1cnc2c(c1)nc(C1CC1)n2Cc1ccccc1C(=O)O. The van der Waals surface area contributed by atoms with Crippen molar-refractivity contribution in [3.05, 3.63) is 59.0 Å². The fourth-order valence-electron chi connectivity index (χ4n) is 2.98. The predicted molar refractivity (Wildman–Crippen MR) is 86.7 cm³/mol. The van der Waals surface area contributed by atoms with Crippen LogP contribution in [0.5, 0.6) is 0 Å². The van der Waals surface area contributed by atoms with E-state index in [4.69, 9.17) is 4.98 Å². The Kier molecular flexibility index (Phi) is 3.15. The average Bonchev–Trinajstić information content (AvgIpc) is 3.31. The van der Waals surface area contributed by atoms with Crippen LogP contribution >= 0.6 is 0 Å². The van der Waals surface area contributed by atoms with Crippen molar-refractivity contribution < 1.29 is 9.90 Å². The molecule has 0 atom stereocenters. The van der Waals surface area contributed by atoms with Crippen molar-refractivity contribution in [2.24, 2.45) is 0 Å². The number of imidazole rings is 1. The number of hydrogen-bond donors (Lipinski definition) is 1. The Balaban J connectivity index is 1.85. The monoisotopic (exact) mass is 307 g/mol. The number of carbonyl (C=O) groups is 1. The van der Waals surface area contributed by atoms with Crippen molar-refractivity contribution in [3.63, 3.8) is 0 Å². The number of nitrogens with zero attached hydrogens (tertiary/aromatic N) is 3. The third kappa shape index (κ3) is 2.48. The van der Waals surface area contributed by atoms with Crippen molar-refractivity contribution >= 4 is 17.1 Å². The van der Waals surface area contributed by atoms with Crippen LogP contribution in [0.25, 0.3) is 11.2 Å². The van der Waals surface area contributed by atoms with Crippen LogP contribution < -0.4 is 0 Å². The standard InChI is InChI=1S/C18H17N3O2/c1-11-8-15-17(19-9-11)21(16(20-15)12-6-7-12)10-13-4-2-3-5-14(13)18(22)23/h2-5,8-9,12H,6-7,10H2,1H3,(H,22,23). The van der Waals surface area contributed by atoms with Gasteiger partial charge in [0.1, 0.15) is 11.3 Å². The Labute approximate surface area is 133 Å². The molecule has 0 spiro atoms. The molecule has 0 radical (unpaired) electrons. The molecule has 23 heavy (non-hydrogen) atoms. The van der Waals surface area contributed by atoms with Gasteiger partial charge in [0.15, 0.2) is 5.65 Å². The number of carboxylic acids is 1. The lowest BCUT2D eigenvalue weighted by molar-refractivity contribution is 0.0695. The van der Waals surface area contributed by atoms with E-state index in [9.17, 15) is 9.90 Å². The minimum Gasteiger partial charge on any atom is -0.478 e. The highest BCUT2D eigenvalue weighted by atomic mass is 16.4. The first-order valence-electron chi connectivity index (χ1n) is 7.77. The number of carboxylic acid groups (broad SMARTS) is 1. The van der Waals surface area contributed by atoms with Gasteiger partial charge in [-0.15, -0.1) is 0 Å². The summed E-state index contributed by atoms with van der Waals surface area (Å²) in [6.45, 7) is 2.49. The number of aromatic nitrogens is 3. The number of pyridine rings is 1. The summed E-state index contributed by atoms with van der Waals surface area (Å²) < 4.78 is 2.08. The molecule has 0 aliphatic heterocycles. The lowest BCUT2D eigenvalue weighted by Crippen LogP contribution is -2.09. The van der Waals surface area contributed by atoms with Crippen molar-refractivity contribution in [1.82, 2.24) is 14.5 Å². The Bertz CT molecular complexity index is 910. The zero-order valence-electron chi connectivity index (χ0n) is 12.9. The van der Waals surface area contributed by atoms with Gasteiger partial charge in [0.05, 0.1) is 12.1 Å². The molecule has 1 aliphatic rings. The highest BCUT2D eigenvalue weighted by Gasteiger charge is 2.30. The molecule has 116 valence electrons. The zero-order chi connectivity index (χ0) is 16.0. The highest BCUT2D eigenvalue weighted by Crippen LogP contribution is 2.40. The van der Waals surface area contributed by atoms with Gasteiger partial charge in [0.25, 0.3) is 0 Å². The lowest BCUT2D eigenvalue weighted by atomic mass is 10.1. The smallest absolute Gasteiger partial charge is 0.336 e. The summed E-state index contributed by atoms with van der Waals surface area (Å²) >= 11 is 0. The number of aryl methyl sites for hydroxylation is 1. The molecule has 2 aromatic heterocycles. The maximum absolute atomic E-state index is 11.4. The van der Waals surface area contributed by atoms with Crippen molar-refractivity contribution in [1.29, 1.82) is 0 Å². The van der Waals surface area contributed by atoms with E-state index in [0.717, 1.165) is 41.0 Å². The van der Waals surface area contributed by atoms with E-state index >= 15 is 0 Å². The molecule has 0 saturated heterocycles. The maximum atomic E-state index is 11.4. The minimum atomic E-state index is -0.901. The van der Waals surface area contributed by atoms with Crippen molar-refractivity contribution in [2.45, 2.75) is 32.2 Å². The molecule has 5 nitrogen and oxygen atoms in total. The largest absolute Gasteiger partial charge is 0.478 e. The van der Waals surface area contributed by atoms with E-state index in [1.807, 2.05) is 31.3 Å². The minimum absolute atomic E-state index is 0.336. The summed E-state index contributed by atoms with van der Waals surface area (Å²) in [7, 11) is 0. The summed E-state index contributed by atoms with van der Waals surface area (Å²) in [4.78, 5) is 20.7. The van der Waals surface area contributed by atoms with E-state index < -0.39 is 5.97 Å². The number of rotatable bonds is 4. The molecular formula is C18H17N3O2. The highest BCUT2D eigenvalue weighted by molar-refractivity contribution is 5.89. The van der Waals surface area contributed by atoms with E-state index in [-0.39, 0.29) is 0 Å². The third-order valence-electron chi connectivity index (χ3n) is 4.27. The Hall–Kier alpha value is -2.69. The number of aromatic carboxylic acids is 1. The van der Waals surface area contributed by atoms with Crippen LogP contribution in [-0.4, -0.2) is 25.6 Å². The van der Waals surface area contributed by atoms with E-state index in [2.05, 4.69) is 9.55 Å². The fraction of sp³-hybridized carbons (Fsp3) is 0.278. The van der Waals surface area contributed by atoms with Gasteiger partial charge in [-0.2, -0.15) is 0 Å². The molecule has 2 heterocycles. The summed E-state index contributed by atoms with van der Waals surface area (Å²) in [6, 6.07) is 9.16. The Morgan fingerprint density at radius 2 is 2.13 bits per heavy atom. The summed E-state index contributed by atoms with van der Waals surface area (Å²) in [6.07, 6.45) is 4.12. The summed E-state index contributed by atoms with van der Waals surface area (Å²) in [5.41, 5.74) is 3.92. The normalized spacial score (nSPS) is 14.3. The van der Waals surface area contributed by atoms with Crippen molar-refractivity contribution in [2.75, 3.05) is 0 Å². The topological polar surface area (TPSA) is 68.0 Å². The van der Waals surface area contributed by atoms with Gasteiger partial charge in [-0.1, -0.05) is 18.2 Å². The van der Waals surface area contributed by atoms with Crippen LogP contribution in [0, 0.1) is 6.92 Å². The lowest BCUT2D eigenvalue weighted by Gasteiger charge is -2.10. The van der Waals surface area contributed by atoms with Crippen LogP contribution in [0.1, 0.15) is 46.1 Å². The van der Waals surface area contributed by atoms with E-state index in [1.54, 1.807) is 12.1 Å². The molecule has 1 N–H and O–H groups in total. The molecule has 1 aliphatic carbocycles. The Morgan fingerprint density at radius 3 is 2.87 bits per heavy atom. The molecule has 1 aromatic carbocycles. The van der Waals surface area contributed by atoms with Gasteiger partial charge in [0.2, 0.25) is 0 Å². The van der Waals surface area contributed by atoms with Gasteiger partial charge in [-0.25, -0.2) is 14.8 Å². The van der Waals surface area contributed by atoms with Gasteiger partial charge in [-0.3, -0.25) is 0 Å². The molecule has 4 rings (SSSR count). The maximum Gasteiger partial charge on any atom is 0.336 e. The zero-order valence-corrected chi connectivity index (χ0v) is 12.9. The molecule has 5 heteroatoms. The average molecular weight is 307 g/mol. The second-order valence-corrected chi connectivity index (χ2v) is 6.15. The van der Waals surface area contributed by atoms with Gasteiger partial charge >= 0.3 is 5.97 Å². The number of benzene rings is 1. The molecule has 3 aromatic rings.